The summed E-state index contributed by atoms with van der Waals surface area (Å²) in [5.41, 5.74) is -0.577. The van der Waals surface area contributed by atoms with Gasteiger partial charge in [0.25, 0.3) is 0 Å². The normalized spacial score (nSPS) is 12.7. The third-order valence-electron chi connectivity index (χ3n) is 2.85. The molecule has 0 saturated heterocycles. The van der Waals surface area contributed by atoms with Gasteiger partial charge in [0.15, 0.2) is 0 Å². The van der Waals surface area contributed by atoms with Crippen LogP contribution in [0.2, 0.25) is 0 Å². The molecule has 0 saturated carbocycles. The molecule has 0 radical (unpaired) electrons. The van der Waals surface area contributed by atoms with Gasteiger partial charge in [-0.15, -0.1) is 0 Å². The molecule has 0 spiro atoms. The number of para-hydroxylation sites is 1. The zero-order chi connectivity index (χ0) is 17.6. The summed E-state index contributed by atoms with van der Waals surface area (Å²) in [6.07, 6.45) is -0.258. The lowest BCUT2D eigenvalue weighted by molar-refractivity contribution is -0.118. The number of carbonyl (C=O) groups is 2. The van der Waals surface area contributed by atoms with E-state index >= 15 is 0 Å². The van der Waals surface area contributed by atoms with Crippen LogP contribution in [0.4, 0.5) is 14.9 Å². The topological polar surface area (TPSA) is 67.4 Å². The van der Waals surface area contributed by atoms with Crippen molar-refractivity contribution in [2.45, 2.75) is 52.7 Å². The molecule has 1 aromatic rings. The Hall–Kier alpha value is -2.11. The molecule has 0 aliphatic carbocycles. The van der Waals surface area contributed by atoms with E-state index in [2.05, 4.69) is 10.6 Å². The molecule has 6 heteroatoms. The molecule has 128 valence electrons. The Morgan fingerprint density at radius 1 is 1.22 bits per heavy atom. The van der Waals surface area contributed by atoms with Gasteiger partial charge in [-0.3, -0.25) is 4.79 Å². The van der Waals surface area contributed by atoms with Crippen LogP contribution in [0, 0.1) is 11.7 Å². The molecule has 2 N–H and O–H groups in total. The van der Waals surface area contributed by atoms with Crippen LogP contribution in [-0.4, -0.2) is 23.6 Å². The fourth-order valence-electron chi connectivity index (χ4n) is 1.94. The minimum absolute atomic E-state index is 0.0808. The maximum atomic E-state index is 13.6. The van der Waals surface area contributed by atoms with E-state index in [0.717, 1.165) is 0 Å². The molecular formula is C17H25FN2O3. The van der Waals surface area contributed by atoms with Gasteiger partial charge in [-0.1, -0.05) is 26.0 Å². The number of anilines is 1. The van der Waals surface area contributed by atoms with Crippen LogP contribution < -0.4 is 10.6 Å². The highest BCUT2D eigenvalue weighted by atomic mass is 19.1. The number of alkyl carbamates (subject to hydrolysis) is 1. The Morgan fingerprint density at radius 3 is 2.35 bits per heavy atom. The first kappa shape index (κ1) is 18.9. The van der Waals surface area contributed by atoms with Gasteiger partial charge < -0.3 is 15.4 Å². The third-order valence-corrected chi connectivity index (χ3v) is 2.85. The smallest absolute Gasteiger partial charge is 0.408 e. The van der Waals surface area contributed by atoms with Crippen LogP contribution in [-0.2, 0) is 9.53 Å². The maximum Gasteiger partial charge on any atom is 0.408 e. The first-order chi connectivity index (χ1) is 10.6. The Balaban J connectivity index is 2.78. The number of amides is 2. The number of hydrogen-bond donors (Lipinski definition) is 2. The minimum atomic E-state index is -0.801. The van der Waals surface area contributed by atoms with Crippen LogP contribution in [0.3, 0.4) is 0 Å². The van der Waals surface area contributed by atoms with Crippen molar-refractivity contribution < 1.29 is 18.7 Å². The van der Waals surface area contributed by atoms with Crippen LogP contribution in [0.25, 0.3) is 0 Å². The summed E-state index contributed by atoms with van der Waals surface area (Å²) >= 11 is 0. The Kier molecular flexibility index (Phi) is 6.54. The monoisotopic (exact) mass is 324 g/mol. The fourth-order valence-corrected chi connectivity index (χ4v) is 1.94. The van der Waals surface area contributed by atoms with Crippen LogP contribution in [0.1, 0.15) is 41.0 Å². The molecule has 5 nitrogen and oxygen atoms in total. The van der Waals surface area contributed by atoms with Gasteiger partial charge in [0, 0.05) is 0 Å². The van der Waals surface area contributed by atoms with E-state index in [1.165, 1.54) is 18.2 Å². The molecule has 0 heterocycles. The molecular weight excluding hydrogens is 299 g/mol. The standard InChI is InChI=1S/C17H25FN2O3/c1-11(2)10-14(20-16(22)23-17(3,4)5)15(21)19-13-9-7-6-8-12(13)18/h6-9,11,14H,10H2,1-5H3,(H,19,21)(H,20,22). The van der Waals surface area contributed by atoms with E-state index in [1.807, 2.05) is 13.8 Å². The van der Waals surface area contributed by atoms with Crippen molar-refractivity contribution in [1.82, 2.24) is 5.32 Å². The van der Waals surface area contributed by atoms with Crippen molar-refractivity contribution in [2.75, 3.05) is 5.32 Å². The van der Waals surface area contributed by atoms with Crippen molar-refractivity contribution in [1.29, 1.82) is 0 Å². The predicted molar refractivity (Wildman–Crippen MR) is 87.6 cm³/mol. The molecule has 23 heavy (non-hydrogen) atoms. The summed E-state index contributed by atoms with van der Waals surface area (Å²) in [7, 11) is 0. The zero-order valence-electron chi connectivity index (χ0n) is 14.3. The van der Waals surface area contributed by atoms with Crippen LogP contribution in [0.15, 0.2) is 24.3 Å². The highest BCUT2D eigenvalue weighted by molar-refractivity contribution is 5.96. The van der Waals surface area contributed by atoms with Gasteiger partial charge in [0.1, 0.15) is 17.5 Å². The molecule has 0 aliphatic heterocycles. The predicted octanol–water partition coefficient (Wildman–Crippen LogP) is 3.70. The number of rotatable bonds is 5. The molecule has 2 amide bonds. The molecule has 0 fully saturated rings. The summed E-state index contributed by atoms with van der Waals surface area (Å²) in [6, 6.07) is 5.08. The highest BCUT2D eigenvalue weighted by Gasteiger charge is 2.25. The van der Waals surface area contributed by atoms with Gasteiger partial charge in [-0.05, 0) is 45.2 Å². The second-order valence-electron chi connectivity index (χ2n) is 6.80. The van der Waals surface area contributed by atoms with Gasteiger partial charge >= 0.3 is 6.09 Å². The first-order valence-electron chi connectivity index (χ1n) is 7.63. The summed E-state index contributed by atoms with van der Waals surface area (Å²) in [5, 5.41) is 5.05. The number of nitrogens with one attached hydrogen (secondary N) is 2. The molecule has 1 aromatic carbocycles. The lowest BCUT2D eigenvalue weighted by atomic mass is 10.0. The average molecular weight is 324 g/mol. The van der Waals surface area contributed by atoms with Crippen molar-refractivity contribution in [2.24, 2.45) is 5.92 Å². The average Bonchev–Trinajstić information content (AvgIpc) is 2.37. The lowest BCUT2D eigenvalue weighted by Crippen LogP contribution is -2.46. The number of hydrogen-bond acceptors (Lipinski definition) is 3. The Bertz CT molecular complexity index is 553. The van der Waals surface area contributed by atoms with Crippen molar-refractivity contribution in [3.63, 3.8) is 0 Å². The van der Waals surface area contributed by atoms with Gasteiger partial charge in [-0.25, -0.2) is 9.18 Å². The highest BCUT2D eigenvalue weighted by Crippen LogP contribution is 2.15. The molecule has 1 atom stereocenters. The van der Waals surface area contributed by atoms with E-state index in [0.29, 0.717) is 6.42 Å². The quantitative estimate of drug-likeness (QED) is 0.868. The van der Waals surface area contributed by atoms with E-state index in [1.54, 1.807) is 26.8 Å². The maximum absolute atomic E-state index is 13.6. The first-order valence-corrected chi connectivity index (χ1v) is 7.63. The molecule has 1 unspecified atom stereocenters. The van der Waals surface area contributed by atoms with E-state index in [4.69, 9.17) is 4.74 Å². The molecule has 0 bridgehead atoms. The summed E-state index contributed by atoms with van der Waals surface area (Å²) < 4.78 is 18.8. The van der Waals surface area contributed by atoms with Crippen molar-refractivity contribution in [3.8, 4) is 0 Å². The Labute approximate surface area is 136 Å². The lowest BCUT2D eigenvalue weighted by Gasteiger charge is -2.24. The summed E-state index contributed by atoms with van der Waals surface area (Å²) in [4.78, 5) is 24.2. The zero-order valence-corrected chi connectivity index (χ0v) is 14.3. The van der Waals surface area contributed by atoms with Gasteiger partial charge in [0.05, 0.1) is 5.69 Å². The second kappa shape index (κ2) is 7.94. The third kappa shape index (κ3) is 7.13. The number of carbonyl (C=O) groups excluding carboxylic acids is 2. The van der Waals surface area contributed by atoms with Crippen LogP contribution >= 0.6 is 0 Å². The van der Waals surface area contributed by atoms with Crippen molar-refractivity contribution >= 4 is 17.7 Å². The van der Waals surface area contributed by atoms with E-state index in [9.17, 15) is 14.0 Å². The molecule has 0 aromatic heterocycles. The summed E-state index contributed by atoms with van der Waals surface area (Å²) in [5.74, 6) is -0.836. The Morgan fingerprint density at radius 2 is 1.83 bits per heavy atom. The largest absolute Gasteiger partial charge is 0.444 e. The summed E-state index contributed by atoms with van der Waals surface area (Å²) in [6.45, 7) is 9.08. The number of benzene rings is 1. The van der Waals surface area contributed by atoms with E-state index in [-0.39, 0.29) is 11.6 Å². The SMILES string of the molecule is CC(C)CC(NC(=O)OC(C)(C)C)C(=O)Nc1ccccc1F. The number of halogens is 1. The van der Waals surface area contributed by atoms with E-state index < -0.39 is 29.5 Å². The second-order valence-corrected chi connectivity index (χ2v) is 6.80. The van der Waals surface area contributed by atoms with Gasteiger partial charge in [0.2, 0.25) is 5.91 Å². The number of ether oxygens (including phenoxy) is 1. The van der Waals surface area contributed by atoms with Crippen molar-refractivity contribution in [3.05, 3.63) is 30.1 Å². The molecule has 1 rings (SSSR count). The van der Waals surface area contributed by atoms with Crippen LogP contribution in [0.5, 0.6) is 0 Å². The molecule has 0 aliphatic rings. The fraction of sp³-hybridized carbons (Fsp3) is 0.529. The minimum Gasteiger partial charge on any atom is -0.444 e. The van der Waals surface area contributed by atoms with Gasteiger partial charge in [-0.2, -0.15) is 0 Å².